The van der Waals surface area contributed by atoms with Gasteiger partial charge in [-0.05, 0) is 47.5 Å². The number of hydrogen-bond donors (Lipinski definition) is 3. The van der Waals surface area contributed by atoms with Gasteiger partial charge in [-0.15, -0.1) is 0 Å². The fourth-order valence-electron chi connectivity index (χ4n) is 4.29. The smallest absolute Gasteiger partial charge is 0.338 e. The van der Waals surface area contributed by atoms with E-state index in [1.807, 2.05) is 0 Å². The van der Waals surface area contributed by atoms with Crippen LogP contribution in [0.1, 0.15) is 24.0 Å². The zero-order chi connectivity index (χ0) is 27.4. The average molecular weight is 526 g/mol. The molecule has 0 amide bonds. The zero-order valence-corrected chi connectivity index (χ0v) is 20.5. The van der Waals surface area contributed by atoms with Crippen molar-refractivity contribution in [2.24, 2.45) is 0 Å². The lowest BCUT2D eigenvalue weighted by Crippen LogP contribution is -2.51. The van der Waals surface area contributed by atoms with Crippen LogP contribution in [0.4, 0.5) is 0 Å². The van der Waals surface area contributed by atoms with Crippen LogP contribution in [0.25, 0.3) is 12.2 Å². The maximum Gasteiger partial charge on any atom is 0.338 e. The molecule has 2 bridgehead atoms. The Balaban J connectivity index is 1.47. The molecule has 2 aromatic rings. The van der Waals surface area contributed by atoms with E-state index in [2.05, 4.69) is 0 Å². The number of fused-ring (bicyclic) bond motifs is 2. The predicted molar refractivity (Wildman–Crippen MR) is 131 cm³/mol. The van der Waals surface area contributed by atoms with Gasteiger partial charge in [0.1, 0.15) is 12.2 Å². The van der Waals surface area contributed by atoms with Gasteiger partial charge in [0.2, 0.25) is 0 Å². The van der Waals surface area contributed by atoms with Crippen molar-refractivity contribution in [2.75, 3.05) is 14.2 Å². The van der Waals surface area contributed by atoms with E-state index in [9.17, 15) is 29.7 Å². The number of rotatable bonds is 8. The number of carbonyl (C=O) groups is 3. The Morgan fingerprint density at radius 3 is 1.95 bits per heavy atom. The summed E-state index contributed by atoms with van der Waals surface area (Å²) in [6.07, 6.45) is 1.35. The first-order valence-electron chi connectivity index (χ1n) is 11.6. The lowest BCUT2D eigenvalue weighted by Gasteiger charge is -2.35. The Morgan fingerprint density at radius 2 is 1.42 bits per heavy atom. The lowest BCUT2D eigenvalue weighted by molar-refractivity contribution is -0.178. The Hall–Kier alpha value is -4.51. The van der Waals surface area contributed by atoms with Crippen molar-refractivity contribution in [3.63, 3.8) is 0 Å². The van der Waals surface area contributed by atoms with Gasteiger partial charge in [0.25, 0.3) is 0 Å². The molecule has 2 unspecified atom stereocenters. The minimum Gasteiger partial charge on any atom is -0.504 e. The van der Waals surface area contributed by atoms with E-state index in [4.69, 9.17) is 23.7 Å². The lowest BCUT2D eigenvalue weighted by atomic mass is 9.82. The number of methoxy groups -OCH3 is 2. The second-order valence-electron chi connectivity index (χ2n) is 8.79. The van der Waals surface area contributed by atoms with E-state index >= 15 is 0 Å². The molecule has 1 saturated carbocycles. The number of esters is 3. The molecule has 11 nitrogen and oxygen atoms in total. The van der Waals surface area contributed by atoms with E-state index in [-0.39, 0.29) is 35.8 Å². The van der Waals surface area contributed by atoms with Crippen molar-refractivity contribution in [3.05, 3.63) is 59.7 Å². The molecule has 4 atom stereocenters. The Bertz CT molecular complexity index is 1300. The van der Waals surface area contributed by atoms with Crippen LogP contribution in [0, 0.1) is 0 Å². The molecule has 11 heteroatoms. The molecule has 3 N–H and O–H groups in total. The highest BCUT2D eigenvalue weighted by Gasteiger charge is 2.60. The number of ether oxygens (including phenoxy) is 5. The van der Waals surface area contributed by atoms with E-state index in [1.54, 1.807) is 12.1 Å². The van der Waals surface area contributed by atoms with Crippen LogP contribution in [-0.4, -0.2) is 71.4 Å². The third-order valence-electron chi connectivity index (χ3n) is 6.20. The molecule has 2 aromatic carbocycles. The molecule has 4 rings (SSSR count). The molecular weight excluding hydrogens is 500 g/mol. The second kappa shape index (κ2) is 10.9. The van der Waals surface area contributed by atoms with Crippen molar-refractivity contribution in [2.45, 2.75) is 36.8 Å². The summed E-state index contributed by atoms with van der Waals surface area (Å²) in [5.74, 6) is -2.18. The first-order chi connectivity index (χ1) is 18.1. The van der Waals surface area contributed by atoms with Crippen LogP contribution in [0.5, 0.6) is 23.0 Å². The van der Waals surface area contributed by atoms with Crippen molar-refractivity contribution in [1.82, 2.24) is 0 Å². The third-order valence-corrected chi connectivity index (χ3v) is 6.20. The van der Waals surface area contributed by atoms with Crippen LogP contribution < -0.4 is 9.47 Å². The fraction of sp³-hybridized carbons (Fsp3) is 0.296. The molecule has 0 spiro atoms. The summed E-state index contributed by atoms with van der Waals surface area (Å²) in [6.45, 7) is 0. The zero-order valence-electron chi connectivity index (χ0n) is 20.5. The topological polar surface area (TPSA) is 158 Å². The first kappa shape index (κ1) is 26.6. The number of carbonyl (C=O) groups excluding carboxylic acids is 3. The van der Waals surface area contributed by atoms with Crippen molar-refractivity contribution < 1.29 is 53.4 Å². The minimum atomic E-state index is -1.86. The van der Waals surface area contributed by atoms with Gasteiger partial charge in [0.15, 0.2) is 34.7 Å². The van der Waals surface area contributed by atoms with Gasteiger partial charge >= 0.3 is 17.9 Å². The van der Waals surface area contributed by atoms with Gasteiger partial charge in [0.05, 0.1) is 14.2 Å². The standard InChI is InChI=1S/C27H26O11/c1-34-19-11-15(3-7-17(19)28)5-9-23(30)36-21-13-27(33)14-22(37-26(27)32)25(21)38-24(31)10-6-16-4-8-18(29)20(12-16)35-2/h3-12,21-22,25,28-29,33H,13-14H2,1-2H3/t21?,22?,25-,27+/m1/s1. The van der Waals surface area contributed by atoms with Crippen molar-refractivity contribution in [3.8, 4) is 23.0 Å². The molecule has 2 aliphatic rings. The fourth-order valence-corrected chi connectivity index (χ4v) is 4.29. The molecular formula is C27H26O11. The molecule has 200 valence electrons. The van der Waals surface area contributed by atoms with E-state index < -0.39 is 41.8 Å². The number of aliphatic hydroxyl groups is 1. The van der Waals surface area contributed by atoms with Crippen LogP contribution in [-0.2, 0) is 28.6 Å². The quantitative estimate of drug-likeness (QED) is 0.263. The van der Waals surface area contributed by atoms with Gasteiger partial charge in [0, 0.05) is 25.0 Å². The summed E-state index contributed by atoms with van der Waals surface area (Å²) in [4.78, 5) is 37.4. The van der Waals surface area contributed by atoms with E-state index in [0.29, 0.717) is 11.1 Å². The molecule has 38 heavy (non-hydrogen) atoms. The summed E-state index contributed by atoms with van der Waals surface area (Å²) in [7, 11) is 2.78. The molecule has 1 aliphatic carbocycles. The van der Waals surface area contributed by atoms with Crippen LogP contribution in [0.15, 0.2) is 48.6 Å². The van der Waals surface area contributed by atoms with Gasteiger partial charge in [-0.25, -0.2) is 14.4 Å². The van der Waals surface area contributed by atoms with Gasteiger partial charge in [-0.3, -0.25) is 0 Å². The summed E-state index contributed by atoms with van der Waals surface area (Å²) in [5, 5.41) is 30.0. The van der Waals surface area contributed by atoms with Crippen molar-refractivity contribution in [1.29, 1.82) is 0 Å². The predicted octanol–water partition coefficient (Wildman–Crippen LogP) is 2.12. The molecule has 2 fully saturated rings. The number of aromatic hydroxyl groups is 2. The molecule has 0 aromatic heterocycles. The number of phenols is 2. The maximum atomic E-state index is 12.6. The average Bonchev–Trinajstić information content (AvgIpc) is 3.14. The largest absolute Gasteiger partial charge is 0.504 e. The molecule has 1 heterocycles. The monoisotopic (exact) mass is 526 g/mol. The number of phenolic OH excluding ortho intramolecular Hbond substituents is 2. The van der Waals surface area contributed by atoms with Gasteiger partial charge < -0.3 is 39.0 Å². The van der Waals surface area contributed by atoms with Gasteiger partial charge in [-0.1, -0.05) is 12.1 Å². The molecule has 1 aliphatic heterocycles. The maximum absolute atomic E-state index is 12.6. The summed E-state index contributed by atoms with van der Waals surface area (Å²) in [5.41, 5.74) is -0.775. The SMILES string of the molecule is COc1cc(C=CC(=O)OC2C[C@]3(O)CC(OC3=O)[C@@H]2OC(=O)C=Cc2ccc(O)c(OC)c2)ccc1O. The molecule has 1 saturated heterocycles. The Morgan fingerprint density at radius 1 is 0.895 bits per heavy atom. The van der Waals surface area contributed by atoms with Crippen LogP contribution in [0.3, 0.4) is 0 Å². The van der Waals surface area contributed by atoms with Crippen LogP contribution >= 0.6 is 0 Å². The van der Waals surface area contributed by atoms with Crippen molar-refractivity contribution >= 4 is 30.1 Å². The first-order valence-corrected chi connectivity index (χ1v) is 11.6. The Kier molecular flexibility index (Phi) is 7.58. The highest BCUT2D eigenvalue weighted by atomic mass is 16.6. The highest BCUT2D eigenvalue weighted by molar-refractivity contribution is 5.89. The third kappa shape index (κ3) is 5.73. The molecule has 0 radical (unpaired) electrons. The summed E-state index contributed by atoms with van der Waals surface area (Å²) in [6, 6.07) is 8.94. The number of benzene rings is 2. The normalized spacial score (nSPS) is 24.3. The van der Waals surface area contributed by atoms with Crippen LogP contribution in [0.2, 0.25) is 0 Å². The van der Waals surface area contributed by atoms with Gasteiger partial charge in [-0.2, -0.15) is 0 Å². The van der Waals surface area contributed by atoms with E-state index in [0.717, 1.165) is 12.2 Å². The summed E-state index contributed by atoms with van der Waals surface area (Å²) < 4.78 is 26.2. The highest BCUT2D eigenvalue weighted by Crippen LogP contribution is 2.41. The Labute approximate surface area is 217 Å². The number of hydrogen-bond acceptors (Lipinski definition) is 11. The second-order valence-corrected chi connectivity index (χ2v) is 8.79. The summed E-state index contributed by atoms with van der Waals surface area (Å²) >= 11 is 0. The van der Waals surface area contributed by atoms with E-state index in [1.165, 1.54) is 50.6 Å². The minimum absolute atomic E-state index is 0.0618.